The highest BCUT2D eigenvalue weighted by Crippen LogP contribution is 2.51. The van der Waals surface area contributed by atoms with Gasteiger partial charge in [0.05, 0.1) is 37.7 Å². The zero-order chi connectivity index (χ0) is 35.3. The number of aliphatic hydroxyl groups excluding tert-OH is 2. The third kappa shape index (κ3) is 8.28. The fourth-order valence-corrected chi connectivity index (χ4v) is 7.22. The lowest BCUT2D eigenvalue weighted by Gasteiger charge is -2.47. The van der Waals surface area contributed by atoms with Crippen molar-refractivity contribution in [2.45, 2.75) is 95.8 Å². The first-order valence-corrected chi connectivity index (χ1v) is 17.6. The van der Waals surface area contributed by atoms with Crippen LogP contribution in [0.1, 0.15) is 60.5 Å². The average molecular weight is 696 g/mol. The maximum absolute atomic E-state index is 14.2. The zero-order valence-electron chi connectivity index (χ0n) is 28.7. The molecule has 0 spiro atoms. The van der Waals surface area contributed by atoms with E-state index in [1.54, 1.807) is 24.1 Å². The van der Waals surface area contributed by atoms with Gasteiger partial charge >= 0.3 is 13.7 Å². The van der Waals surface area contributed by atoms with Crippen molar-refractivity contribution in [2.75, 3.05) is 39.6 Å². The Labute approximate surface area is 282 Å². The molecule has 3 heterocycles. The molecule has 16 heteroatoms. The summed E-state index contributed by atoms with van der Waals surface area (Å²) >= 11 is 0. The minimum absolute atomic E-state index is 0.0241. The summed E-state index contributed by atoms with van der Waals surface area (Å²) in [4.78, 5) is 16.8. The molecule has 15 nitrogen and oxygen atoms in total. The first-order valence-electron chi connectivity index (χ1n) is 16.1. The van der Waals surface area contributed by atoms with E-state index in [4.69, 9.17) is 33.7 Å². The van der Waals surface area contributed by atoms with Gasteiger partial charge < -0.3 is 39.4 Å². The maximum Gasteiger partial charge on any atom is 0.459 e. The van der Waals surface area contributed by atoms with Crippen LogP contribution in [-0.4, -0.2) is 109 Å². The van der Waals surface area contributed by atoms with Crippen LogP contribution in [0.5, 0.6) is 5.75 Å². The molecular formula is C32H50N5O10P. The lowest BCUT2D eigenvalue weighted by atomic mass is 9.76. The van der Waals surface area contributed by atoms with Crippen LogP contribution in [0.4, 0.5) is 0 Å². The largest absolute Gasteiger partial charge is 0.462 e. The Morgan fingerprint density at radius 3 is 2.50 bits per heavy atom. The van der Waals surface area contributed by atoms with Gasteiger partial charge in [-0.3, -0.25) is 14.3 Å². The van der Waals surface area contributed by atoms with Gasteiger partial charge in [0.15, 0.2) is 5.84 Å². The molecule has 0 aliphatic carbocycles. The van der Waals surface area contributed by atoms with Crippen LogP contribution in [0.15, 0.2) is 46.1 Å². The van der Waals surface area contributed by atoms with Gasteiger partial charge in [-0.15, -0.1) is 0 Å². The third-order valence-corrected chi connectivity index (χ3v) is 10.5. The summed E-state index contributed by atoms with van der Waals surface area (Å²) in [6.45, 7) is 14.1. The normalized spacial score (nSPS) is 28.8. The molecular weight excluding hydrogens is 645 g/mol. The first-order chi connectivity index (χ1) is 22.5. The number of rotatable bonds is 16. The van der Waals surface area contributed by atoms with Crippen LogP contribution in [-0.2, 0) is 38.2 Å². The molecule has 3 aliphatic rings. The van der Waals surface area contributed by atoms with Crippen molar-refractivity contribution in [3.63, 3.8) is 0 Å². The summed E-state index contributed by atoms with van der Waals surface area (Å²) in [6, 6.07) is 5.88. The number of nitrogens with zero attached hydrogens (tertiary/aromatic N) is 3. The van der Waals surface area contributed by atoms with E-state index in [-0.39, 0.29) is 30.2 Å². The smallest absolute Gasteiger partial charge is 0.459 e. The van der Waals surface area contributed by atoms with Gasteiger partial charge in [-0.25, -0.2) is 9.56 Å². The van der Waals surface area contributed by atoms with Crippen molar-refractivity contribution < 1.29 is 47.6 Å². The molecule has 0 saturated carbocycles. The van der Waals surface area contributed by atoms with Crippen molar-refractivity contribution in [3.05, 3.63) is 41.6 Å². The summed E-state index contributed by atoms with van der Waals surface area (Å²) in [6.07, 6.45) is -0.412. The standard InChI is InChI=1S/C32H50N5O10P/c1-8-42-15-16-43-17-18-44-29(40)21(2)36-48(41,47-23-11-9-22(10-12-23)30(3,4)5)45-19-25-26(38)27(39)32(7,46-25)31(6)14-13-24-28(33)34-20-35-37(24)31/h9-13,20-21,25-27,38-39H,8,14-19H2,1-7H3,(H,36,41)(H2,33,34,35)/t21-,25+,26+,27+,31?,32+,48?/m0/s1. The lowest BCUT2D eigenvalue weighted by molar-refractivity contribution is -0.152. The minimum Gasteiger partial charge on any atom is -0.462 e. The van der Waals surface area contributed by atoms with Gasteiger partial charge in [0, 0.05) is 6.61 Å². The van der Waals surface area contributed by atoms with E-state index in [1.165, 1.54) is 13.3 Å². The van der Waals surface area contributed by atoms with Gasteiger partial charge in [-0.2, -0.15) is 10.2 Å². The summed E-state index contributed by atoms with van der Waals surface area (Å²) in [5, 5.41) is 31.1. The Bertz CT molecular complexity index is 1420. The fourth-order valence-electron chi connectivity index (χ4n) is 5.71. The summed E-state index contributed by atoms with van der Waals surface area (Å²) in [7, 11) is -4.33. The minimum atomic E-state index is -4.33. The van der Waals surface area contributed by atoms with E-state index < -0.39 is 55.8 Å². The second-order valence-corrected chi connectivity index (χ2v) is 15.0. The second-order valence-electron chi connectivity index (χ2n) is 13.3. The van der Waals surface area contributed by atoms with Crippen LogP contribution in [0.3, 0.4) is 0 Å². The van der Waals surface area contributed by atoms with Crippen molar-refractivity contribution in [3.8, 4) is 5.75 Å². The number of benzene rings is 1. The number of carbonyl (C=O) groups is 1. The molecule has 0 radical (unpaired) electrons. The van der Waals surface area contributed by atoms with Crippen molar-refractivity contribution >= 4 is 25.9 Å². The van der Waals surface area contributed by atoms with Gasteiger partial charge in [-0.1, -0.05) is 39.0 Å². The molecule has 48 heavy (non-hydrogen) atoms. The van der Waals surface area contributed by atoms with E-state index in [1.807, 2.05) is 32.1 Å². The first kappa shape index (κ1) is 37.9. The van der Waals surface area contributed by atoms with E-state index in [2.05, 4.69) is 36.0 Å². The SMILES string of the molecule is CCOCCOCCOC(=O)[C@H](C)NP(=O)(OC[C@H]1O[C@@](C)(C2(C)CC=C3C(N)=NC=NN32)[C@H](O)[C@@H]1O)Oc1ccc(C(C)(C)C)cc1. The third-order valence-electron chi connectivity index (χ3n) is 8.86. The molecule has 4 rings (SSSR count). The van der Waals surface area contributed by atoms with Gasteiger partial charge in [0.2, 0.25) is 0 Å². The van der Waals surface area contributed by atoms with Crippen LogP contribution in [0.25, 0.3) is 0 Å². The molecule has 0 amide bonds. The van der Waals surface area contributed by atoms with E-state index in [0.29, 0.717) is 31.9 Å². The average Bonchev–Trinajstić information content (AvgIpc) is 3.50. The number of esters is 1. The number of hydrogen-bond acceptors (Lipinski definition) is 14. The Morgan fingerprint density at radius 2 is 1.83 bits per heavy atom. The monoisotopic (exact) mass is 695 g/mol. The number of fused-ring (bicyclic) bond motifs is 1. The second kappa shape index (κ2) is 15.3. The van der Waals surface area contributed by atoms with Crippen LogP contribution < -0.4 is 15.3 Å². The van der Waals surface area contributed by atoms with Crippen LogP contribution in [0.2, 0.25) is 0 Å². The zero-order valence-corrected chi connectivity index (χ0v) is 29.6. The highest BCUT2D eigenvalue weighted by molar-refractivity contribution is 7.52. The van der Waals surface area contributed by atoms with Crippen LogP contribution >= 0.6 is 7.75 Å². The molecule has 1 saturated heterocycles. The molecule has 0 aromatic heterocycles. The molecule has 3 aliphatic heterocycles. The van der Waals surface area contributed by atoms with Crippen molar-refractivity contribution in [1.82, 2.24) is 10.1 Å². The Balaban J connectivity index is 1.46. The fraction of sp³-hybridized carbons (Fsp3) is 0.656. The quantitative estimate of drug-likeness (QED) is 0.112. The Morgan fingerprint density at radius 1 is 1.17 bits per heavy atom. The molecule has 1 aromatic rings. The number of hydrazone groups is 1. The molecule has 2 unspecified atom stereocenters. The molecule has 7 atom stereocenters. The number of nitrogens with one attached hydrogen (secondary N) is 1. The maximum atomic E-state index is 14.2. The highest BCUT2D eigenvalue weighted by Gasteiger charge is 2.64. The Kier molecular flexibility index (Phi) is 12.1. The van der Waals surface area contributed by atoms with E-state index in [0.717, 1.165) is 5.56 Å². The molecule has 1 aromatic carbocycles. The Hall–Kier alpha value is -2.88. The molecule has 0 bridgehead atoms. The van der Waals surface area contributed by atoms with Gasteiger partial charge in [0.1, 0.15) is 48.6 Å². The summed E-state index contributed by atoms with van der Waals surface area (Å²) in [5.74, 6) is -0.216. The lowest BCUT2D eigenvalue weighted by Crippen LogP contribution is -2.63. The van der Waals surface area contributed by atoms with E-state index >= 15 is 0 Å². The number of nitrogens with two attached hydrogens (primary N) is 1. The predicted octanol–water partition coefficient (Wildman–Crippen LogP) is 2.60. The number of aliphatic hydroxyl groups is 2. The highest BCUT2D eigenvalue weighted by atomic mass is 31.2. The summed E-state index contributed by atoms with van der Waals surface area (Å²) in [5.41, 5.74) is 5.18. The molecule has 268 valence electrons. The number of aliphatic imine (C=N–C) groups is 1. The topological polar surface area (TPSA) is 196 Å². The van der Waals surface area contributed by atoms with Gasteiger partial charge in [0.25, 0.3) is 0 Å². The number of carbonyl (C=O) groups excluding carboxylic acids is 1. The number of hydrogen-bond donors (Lipinski definition) is 4. The van der Waals surface area contributed by atoms with E-state index in [9.17, 15) is 19.6 Å². The van der Waals surface area contributed by atoms with Crippen LogP contribution in [0, 0.1) is 0 Å². The van der Waals surface area contributed by atoms with Crippen molar-refractivity contribution in [1.29, 1.82) is 0 Å². The number of ether oxygens (including phenoxy) is 4. The summed E-state index contributed by atoms with van der Waals surface area (Å²) < 4.78 is 48.1. The molecule has 1 fully saturated rings. The predicted molar refractivity (Wildman–Crippen MR) is 179 cm³/mol. The van der Waals surface area contributed by atoms with Crippen molar-refractivity contribution in [2.24, 2.45) is 15.8 Å². The molecule has 5 N–H and O–H groups in total. The van der Waals surface area contributed by atoms with Gasteiger partial charge in [-0.05, 0) is 57.2 Å². The number of amidine groups is 1.